The molecule has 1 heterocycles. The molecule has 0 bridgehead atoms. The zero-order valence-electron chi connectivity index (χ0n) is 12.1. The van der Waals surface area contributed by atoms with E-state index in [0.717, 1.165) is 33.0 Å². The van der Waals surface area contributed by atoms with E-state index in [1.807, 2.05) is 23.6 Å². The van der Waals surface area contributed by atoms with Gasteiger partial charge in [0, 0.05) is 10.6 Å². The number of benzene rings is 1. The predicted octanol–water partition coefficient (Wildman–Crippen LogP) is 4.88. The molecule has 2 aromatic rings. The SMILES string of the molecule is CCNC(c1cc(Cl)cc(Br)c1OC)c1sccc1OC. The van der Waals surface area contributed by atoms with E-state index < -0.39 is 0 Å². The van der Waals surface area contributed by atoms with Crippen LogP contribution in [0.2, 0.25) is 5.02 Å². The number of halogens is 2. The molecule has 3 nitrogen and oxygen atoms in total. The Kier molecular flexibility index (Phi) is 5.93. The third-order valence-corrected chi connectivity index (χ3v) is 4.87. The summed E-state index contributed by atoms with van der Waals surface area (Å²) in [5.74, 6) is 1.64. The molecule has 0 aliphatic carbocycles. The van der Waals surface area contributed by atoms with Crippen LogP contribution in [-0.4, -0.2) is 20.8 Å². The van der Waals surface area contributed by atoms with Gasteiger partial charge in [-0.15, -0.1) is 11.3 Å². The number of hydrogen-bond donors (Lipinski definition) is 1. The third kappa shape index (κ3) is 3.54. The van der Waals surface area contributed by atoms with Crippen LogP contribution in [0.1, 0.15) is 23.4 Å². The first-order chi connectivity index (χ1) is 10.1. The Labute approximate surface area is 142 Å². The van der Waals surface area contributed by atoms with E-state index >= 15 is 0 Å². The topological polar surface area (TPSA) is 30.5 Å². The maximum absolute atomic E-state index is 6.22. The van der Waals surface area contributed by atoms with Gasteiger partial charge in [-0.05, 0) is 46.1 Å². The highest BCUT2D eigenvalue weighted by atomic mass is 79.9. The van der Waals surface area contributed by atoms with Crippen molar-refractivity contribution in [3.63, 3.8) is 0 Å². The van der Waals surface area contributed by atoms with Crippen molar-refractivity contribution in [2.45, 2.75) is 13.0 Å². The van der Waals surface area contributed by atoms with Crippen molar-refractivity contribution in [2.75, 3.05) is 20.8 Å². The second kappa shape index (κ2) is 7.49. The smallest absolute Gasteiger partial charge is 0.138 e. The number of thiophene rings is 1. The summed E-state index contributed by atoms with van der Waals surface area (Å²) < 4.78 is 11.8. The molecule has 0 aliphatic heterocycles. The van der Waals surface area contributed by atoms with Gasteiger partial charge in [0.1, 0.15) is 11.5 Å². The molecule has 0 saturated heterocycles. The minimum Gasteiger partial charge on any atom is -0.496 e. The maximum atomic E-state index is 6.22. The predicted molar refractivity (Wildman–Crippen MR) is 92.1 cm³/mol. The normalized spacial score (nSPS) is 12.2. The number of methoxy groups -OCH3 is 2. The summed E-state index contributed by atoms with van der Waals surface area (Å²) in [6.45, 7) is 2.89. The number of nitrogens with one attached hydrogen (secondary N) is 1. The minimum atomic E-state index is -0.0325. The summed E-state index contributed by atoms with van der Waals surface area (Å²) in [4.78, 5) is 1.10. The van der Waals surface area contributed by atoms with Crippen LogP contribution in [0.3, 0.4) is 0 Å². The second-order valence-electron chi connectivity index (χ2n) is 4.35. The Morgan fingerprint density at radius 2 is 2.10 bits per heavy atom. The first kappa shape index (κ1) is 16.6. The van der Waals surface area contributed by atoms with Crippen molar-refractivity contribution < 1.29 is 9.47 Å². The Balaban J connectivity index is 2.58. The molecule has 0 saturated carbocycles. The average Bonchev–Trinajstić information content (AvgIpc) is 2.92. The molecule has 0 spiro atoms. The van der Waals surface area contributed by atoms with E-state index in [0.29, 0.717) is 5.02 Å². The van der Waals surface area contributed by atoms with Crippen LogP contribution in [0, 0.1) is 0 Å². The molecule has 114 valence electrons. The lowest BCUT2D eigenvalue weighted by Crippen LogP contribution is -2.22. The zero-order chi connectivity index (χ0) is 15.4. The molecule has 0 aliphatic rings. The van der Waals surface area contributed by atoms with Crippen LogP contribution < -0.4 is 14.8 Å². The van der Waals surface area contributed by atoms with Crippen LogP contribution in [0.4, 0.5) is 0 Å². The highest BCUT2D eigenvalue weighted by molar-refractivity contribution is 9.10. The first-order valence-electron chi connectivity index (χ1n) is 6.50. The van der Waals surface area contributed by atoms with Crippen molar-refractivity contribution in [1.29, 1.82) is 0 Å². The van der Waals surface area contributed by atoms with Gasteiger partial charge in [0.25, 0.3) is 0 Å². The molecule has 0 amide bonds. The molecule has 1 aromatic heterocycles. The quantitative estimate of drug-likeness (QED) is 0.762. The fourth-order valence-electron chi connectivity index (χ4n) is 2.25. The van der Waals surface area contributed by atoms with E-state index in [2.05, 4.69) is 28.2 Å². The monoisotopic (exact) mass is 389 g/mol. The largest absolute Gasteiger partial charge is 0.496 e. The van der Waals surface area contributed by atoms with Crippen LogP contribution in [0.15, 0.2) is 28.1 Å². The Hall–Kier alpha value is -0.750. The Morgan fingerprint density at radius 3 is 2.71 bits per heavy atom. The highest BCUT2D eigenvalue weighted by Gasteiger charge is 2.24. The van der Waals surface area contributed by atoms with E-state index in [-0.39, 0.29) is 6.04 Å². The lowest BCUT2D eigenvalue weighted by molar-refractivity contribution is 0.395. The van der Waals surface area contributed by atoms with Gasteiger partial charge in [0.05, 0.1) is 29.6 Å². The van der Waals surface area contributed by atoms with Gasteiger partial charge < -0.3 is 14.8 Å². The average molecular weight is 391 g/mol. The summed E-state index contributed by atoms with van der Waals surface area (Å²) in [7, 11) is 3.34. The standard InChI is InChI=1S/C15H17BrClNO2S/c1-4-18-13(15-12(19-2)5-6-21-15)10-7-9(17)8-11(16)14(10)20-3/h5-8,13,18H,4H2,1-3H3. The first-order valence-corrected chi connectivity index (χ1v) is 8.55. The molecule has 21 heavy (non-hydrogen) atoms. The fraction of sp³-hybridized carbons (Fsp3) is 0.333. The number of rotatable bonds is 6. The van der Waals surface area contributed by atoms with Gasteiger partial charge in [-0.2, -0.15) is 0 Å². The van der Waals surface area contributed by atoms with E-state index in [1.54, 1.807) is 25.6 Å². The van der Waals surface area contributed by atoms with Crippen LogP contribution in [-0.2, 0) is 0 Å². The van der Waals surface area contributed by atoms with Crippen molar-refractivity contribution >= 4 is 38.9 Å². The summed E-state index contributed by atoms with van der Waals surface area (Å²) in [6, 6.07) is 5.70. The molecule has 0 fully saturated rings. The summed E-state index contributed by atoms with van der Waals surface area (Å²) >= 11 is 11.4. The molecular formula is C15H17BrClNO2S. The van der Waals surface area contributed by atoms with Crippen molar-refractivity contribution in [1.82, 2.24) is 5.32 Å². The lowest BCUT2D eigenvalue weighted by Gasteiger charge is -2.22. The third-order valence-electron chi connectivity index (χ3n) is 3.10. The second-order valence-corrected chi connectivity index (χ2v) is 6.59. The van der Waals surface area contributed by atoms with Crippen molar-refractivity contribution in [3.8, 4) is 11.5 Å². The minimum absolute atomic E-state index is 0.0325. The van der Waals surface area contributed by atoms with Gasteiger partial charge in [-0.1, -0.05) is 18.5 Å². The van der Waals surface area contributed by atoms with Gasteiger partial charge in [0.15, 0.2) is 0 Å². The van der Waals surface area contributed by atoms with Crippen LogP contribution in [0.5, 0.6) is 11.5 Å². The lowest BCUT2D eigenvalue weighted by atomic mass is 10.0. The van der Waals surface area contributed by atoms with E-state index in [4.69, 9.17) is 21.1 Å². The van der Waals surface area contributed by atoms with E-state index in [9.17, 15) is 0 Å². The molecule has 6 heteroatoms. The summed E-state index contributed by atoms with van der Waals surface area (Å²) in [6.07, 6.45) is 0. The molecule has 0 radical (unpaired) electrons. The molecule has 1 unspecified atom stereocenters. The molecule has 1 aromatic carbocycles. The molecular weight excluding hydrogens is 374 g/mol. The van der Waals surface area contributed by atoms with E-state index in [1.165, 1.54) is 0 Å². The highest BCUT2D eigenvalue weighted by Crippen LogP contribution is 2.42. The number of hydrogen-bond acceptors (Lipinski definition) is 4. The van der Waals surface area contributed by atoms with Gasteiger partial charge in [-0.25, -0.2) is 0 Å². The van der Waals surface area contributed by atoms with Crippen LogP contribution >= 0.6 is 38.9 Å². The summed E-state index contributed by atoms with van der Waals surface area (Å²) in [5, 5.41) is 6.16. The van der Waals surface area contributed by atoms with Gasteiger partial charge in [-0.3, -0.25) is 0 Å². The fourth-order valence-corrected chi connectivity index (χ4v) is 4.19. The zero-order valence-corrected chi connectivity index (χ0v) is 15.2. The van der Waals surface area contributed by atoms with Gasteiger partial charge >= 0.3 is 0 Å². The van der Waals surface area contributed by atoms with Gasteiger partial charge in [0.2, 0.25) is 0 Å². The molecule has 1 atom stereocenters. The van der Waals surface area contributed by atoms with Crippen molar-refractivity contribution in [2.24, 2.45) is 0 Å². The molecule has 2 rings (SSSR count). The Bertz CT molecular complexity index is 618. The summed E-state index contributed by atoms with van der Waals surface area (Å²) in [5.41, 5.74) is 0.986. The Morgan fingerprint density at radius 1 is 1.33 bits per heavy atom. The maximum Gasteiger partial charge on any atom is 0.138 e. The molecule has 1 N–H and O–H groups in total. The van der Waals surface area contributed by atoms with Crippen LogP contribution in [0.25, 0.3) is 0 Å². The van der Waals surface area contributed by atoms with Crippen molar-refractivity contribution in [3.05, 3.63) is 43.5 Å². The number of ether oxygens (including phenoxy) is 2.